The fourth-order valence-electron chi connectivity index (χ4n) is 1.38. The Bertz CT molecular complexity index is 310. The van der Waals surface area contributed by atoms with Crippen LogP contribution in [-0.2, 0) is 6.42 Å². The summed E-state index contributed by atoms with van der Waals surface area (Å²) in [5.74, 6) is 0.0114. The zero-order valence-corrected chi connectivity index (χ0v) is 8.45. The molecule has 4 N–H and O–H groups in total. The first-order valence-corrected chi connectivity index (χ1v) is 4.87. The van der Waals surface area contributed by atoms with Crippen LogP contribution in [-0.4, -0.2) is 16.8 Å². The highest BCUT2D eigenvalue weighted by Gasteiger charge is 2.07. The van der Waals surface area contributed by atoms with Gasteiger partial charge in [-0.15, -0.1) is 0 Å². The first-order valence-electron chi connectivity index (χ1n) is 4.87. The van der Waals surface area contributed by atoms with Crippen molar-refractivity contribution in [2.24, 2.45) is 5.73 Å². The molecule has 0 aromatic heterocycles. The fourth-order valence-corrected chi connectivity index (χ4v) is 1.38. The lowest BCUT2D eigenvalue weighted by atomic mass is 10.0. The number of aromatic hydroxyl groups is 2. The molecule has 3 nitrogen and oxygen atoms in total. The zero-order valence-electron chi connectivity index (χ0n) is 8.45. The van der Waals surface area contributed by atoms with Crippen molar-refractivity contribution in [3.05, 3.63) is 23.3 Å². The van der Waals surface area contributed by atoms with Crippen molar-refractivity contribution in [2.45, 2.75) is 26.2 Å². The molecule has 1 aromatic carbocycles. The van der Waals surface area contributed by atoms with Gasteiger partial charge in [-0.25, -0.2) is 0 Å². The van der Waals surface area contributed by atoms with Crippen LogP contribution >= 0.6 is 0 Å². The molecule has 0 aliphatic heterocycles. The number of aryl methyl sites for hydroxylation is 2. The first kappa shape index (κ1) is 10.9. The Morgan fingerprint density at radius 3 is 2.50 bits per heavy atom. The van der Waals surface area contributed by atoms with Gasteiger partial charge in [-0.05, 0) is 43.9 Å². The second-order valence-electron chi connectivity index (χ2n) is 3.48. The van der Waals surface area contributed by atoms with Gasteiger partial charge < -0.3 is 15.9 Å². The van der Waals surface area contributed by atoms with E-state index in [1.54, 1.807) is 6.92 Å². The van der Waals surface area contributed by atoms with Crippen LogP contribution in [0.2, 0.25) is 0 Å². The van der Waals surface area contributed by atoms with Crippen LogP contribution in [0.3, 0.4) is 0 Å². The van der Waals surface area contributed by atoms with Gasteiger partial charge >= 0.3 is 0 Å². The second kappa shape index (κ2) is 4.86. The van der Waals surface area contributed by atoms with Crippen molar-refractivity contribution in [1.82, 2.24) is 0 Å². The summed E-state index contributed by atoms with van der Waals surface area (Å²) < 4.78 is 0. The van der Waals surface area contributed by atoms with E-state index in [0.29, 0.717) is 12.1 Å². The van der Waals surface area contributed by atoms with E-state index in [1.807, 2.05) is 12.1 Å². The molecule has 0 amide bonds. The Labute approximate surface area is 84.2 Å². The van der Waals surface area contributed by atoms with E-state index in [9.17, 15) is 10.2 Å². The van der Waals surface area contributed by atoms with Gasteiger partial charge in [-0.3, -0.25) is 0 Å². The highest BCUT2D eigenvalue weighted by atomic mass is 16.3. The summed E-state index contributed by atoms with van der Waals surface area (Å²) in [4.78, 5) is 0. The van der Waals surface area contributed by atoms with Gasteiger partial charge in [0.25, 0.3) is 0 Å². The highest BCUT2D eigenvalue weighted by Crippen LogP contribution is 2.32. The Kier molecular flexibility index (Phi) is 3.77. The third kappa shape index (κ3) is 2.39. The van der Waals surface area contributed by atoms with Crippen LogP contribution in [0, 0.1) is 6.92 Å². The number of phenolic OH excluding ortho intramolecular Hbond substituents is 2. The third-order valence-electron chi connectivity index (χ3n) is 2.34. The predicted molar refractivity (Wildman–Crippen MR) is 56.5 cm³/mol. The van der Waals surface area contributed by atoms with Gasteiger partial charge in [0.15, 0.2) is 11.5 Å². The van der Waals surface area contributed by atoms with Gasteiger partial charge in [0.05, 0.1) is 0 Å². The Balaban J connectivity index is 2.73. The minimum absolute atomic E-state index is 0.00440. The molecule has 0 unspecified atom stereocenters. The summed E-state index contributed by atoms with van der Waals surface area (Å²) in [5.41, 5.74) is 6.87. The lowest BCUT2D eigenvalue weighted by Gasteiger charge is -2.07. The van der Waals surface area contributed by atoms with Gasteiger partial charge in [0.1, 0.15) is 0 Å². The molecule has 0 aliphatic carbocycles. The van der Waals surface area contributed by atoms with Crippen molar-refractivity contribution in [3.8, 4) is 11.5 Å². The van der Waals surface area contributed by atoms with E-state index in [1.165, 1.54) is 0 Å². The molecule has 78 valence electrons. The standard InChI is InChI=1S/C11H17NO2/c1-8-5-6-9(4-2-3-7-12)11(14)10(8)13/h5-6,13-14H,2-4,7,12H2,1H3. The number of unbranched alkanes of at least 4 members (excludes halogenated alkanes) is 1. The largest absolute Gasteiger partial charge is 0.504 e. The molecule has 0 fully saturated rings. The topological polar surface area (TPSA) is 66.5 Å². The van der Waals surface area contributed by atoms with Crippen LogP contribution < -0.4 is 5.73 Å². The summed E-state index contributed by atoms with van der Waals surface area (Å²) in [6, 6.07) is 3.66. The fraction of sp³-hybridized carbons (Fsp3) is 0.455. The zero-order chi connectivity index (χ0) is 10.6. The van der Waals surface area contributed by atoms with E-state index in [-0.39, 0.29) is 11.5 Å². The summed E-state index contributed by atoms with van der Waals surface area (Å²) in [6.07, 6.45) is 2.64. The minimum Gasteiger partial charge on any atom is -0.504 e. The second-order valence-corrected chi connectivity index (χ2v) is 3.48. The number of hydrogen-bond acceptors (Lipinski definition) is 3. The van der Waals surface area contributed by atoms with Crippen LogP contribution in [0.4, 0.5) is 0 Å². The number of rotatable bonds is 4. The average Bonchev–Trinajstić information content (AvgIpc) is 2.18. The Morgan fingerprint density at radius 2 is 1.86 bits per heavy atom. The minimum atomic E-state index is -0.00440. The summed E-state index contributed by atoms with van der Waals surface area (Å²) in [7, 11) is 0. The normalized spacial score (nSPS) is 10.4. The molecule has 0 saturated carbocycles. The summed E-state index contributed by atoms with van der Waals surface area (Å²) in [5, 5.41) is 19.1. The Morgan fingerprint density at radius 1 is 1.14 bits per heavy atom. The predicted octanol–water partition coefficient (Wildman–Crippen LogP) is 1.69. The van der Waals surface area contributed by atoms with Gasteiger partial charge in [-0.1, -0.05) is 12.1 Å². The molecule has 0 radical (unpaired) electrons. The van der Waals surface area contributed by atoms with E-state index in [2.05, 4.69) is 0 Å². The SMILES string of the molecule is Cc1ccc(CCCCN)c(O)c1O. The van der Waals surface area contributed by atoms with Gasteiger partial charge in [0, 0.05) is 0 Å². The lowest BCUT2D eigenvalue weighted by molar-refractivity contribution is 0.396. The number of phenols is 2. The Hall–Kier alpha value is -1.22. The molecule has 0 atom stereocenters. The molecular weight excluding hydrogens is 178 g/mol. The molecule has 0 spiro atoms. The quantitative estimate of drug-likeness (QED) is 0.506. The van der Waals surface area contributed by atoms with Crippen molar-refractivity contribution in [3.63, 3.8) is 0 Å². The van der Waals surface area contributed by atoms with E-state index in [4.69, 9.17) is 5.73 Å². The van der Waals surface area contributed by atoms with Crippen molar-refractivity contribution >= 4 is 0 Å². The maximum Gasteiger partial charge on any atom is 0.160 e. The van der Waals surface area contributed by atoms with Gasteiger partial charge in [0.2, 0.25) is 0 Å². The first-order chi connectivity index (χ1) is 6.66. The van der Waals surface area contributed by atoms with Crippen LogP contribution in [0.25, 0.3) is 0 Å². The van der Waals surface area contributed by atoms with Crippen LogP contribution in [0.1, 0.15) is 24.0 Å². The molecule has 3 heteroatoms. The van der Waals surface area contributed by atoms with Crippen molar-refractivity contribution < 1.29 is 10.2 Å². The molecule has 0 aliphatic rings. The molecule has 0 heterocycles. The van der Waals surface area contributed by atoms with Crippen molar-refractivity contribution in [1.29, 1.82) is 0 Å². The maximum absolute atomic E-state index is 9.60. The molecule has 1 aromatic rings. The van der Waals surface area contributed by atoms with Gasteiger partial charge in [-0.2, -0.15) is 0 Å². The molecule has 0 bridgehead atoms. The van der Waals surface area contributed by atoms with E-state index < -0.39 is 0 Å². The maximum atomic E-state index is 9.60. The smallest absolute Gasteiger partial charge is 0.160 e. The van der Waals surface area contributed by atoms with Crippen molar-refractivity contribution in [2.75, 3.05) is 6.54 Å². The third-order valence-corrected chi connectivity index (χ3v) is 2.34. The van der Waals surface area contributed by atoms with Crippen LogP contribution in [0.5, 0.6) is 11.5 Å². The molecule has 0 saturated heterocycles. The monoisotopic (exact) mass is 195 g/mol. The van der Waals surface area contributed by atoms with Crippen LogP contribution in [0.15, 0.2) is 12.1 Å². The molecular formula is C11H17NO2. The summed E-state index contributed by atoms with van der Waals surface area (Å²) in [6.45, 7) is 2.43. The highest BCUT2D eigenvalue weighted by molar-refractivity contribution is 5.49. The van der Waals surface area contributed by atoms with E-state index >= 15 is 0 Å². The van der Waals surface area contributed by atoms with E-state index in [0.717, 1.165) is 24.8 Å². The number of nitrogens with two attached hydrogens (primary N) is 1. The molecule has 1 rings (SSSR count). The average molecular weight is 195 g/mol. The molecule has 14 heavy (non-hydrogen) atoms. The summed E-state index contributed by atoms with van der Waals surface area (Å²) >= 11 is 0. The lowest BCUT2D eigenvalue weighted by Crippen LogP contribution is -1.99. The number of benzene rings is 1. The number of hydrogen-bond donors (Lipinski definition) is 3.